The molecule has 0 aliphatic carbocycles. The Morgan fingerprint density at radius 1 is 1.57 bits per heavy atom. The van der Waals surface area contributed by atoms with Gasteiger partial charge >= 0.3 is 0 Å². The highest BCUT2D eigenvalue weighted by molar-refractivity contribution is 5.13. The molecule has 0 aliphatic heterocycles. The van der Waals surface area contributed by atoms with Gasteiger partial charge in [0.25, 0.3) is 5.56 Å². The molecule has 2 unspecified atom stereocenters. The van der Waals surface area contributed by atoms with Crippen molar-refractivity contribution in [3.05, 3.63) is 34.2 Å². The van der Waals surface area contributed by atoms with E-state index in [-0.39, 0.29) is 17.7 Å². The number of aliphatic hydroxyl groups excluding tert-OH is 2. The lowest BCUT2D eigenvalue weighted by Gasteiger charge is -2.16. The van der Waals surface area contributed by atoms with Crippen LogP contribution in [-0.2, 0) is 0 Å². The second-order valence-corrected chi connectivity index (χ2v) is 3.02. The third-order valence-corrected chi connectivity index (χ3v) is 1.94. The van der Waals surface area contributed by atoms with E-state index in [1.807, 2.05) is 0 Å². The van der Waals surface area contributed by atoms with E-state index in [0.29, 0.717) is 0 Å². The summed E-state index contributed by atoms with van der Waals surface area (Å²) in [6.45, 7) is 0.232. The SMILES string of the molecule is CNCC(O)C(O)c1ccc[nH]c1=O. The number of likely N-dealkylation sites (N-methyl/N-ethyl adjacent to an activating group) is 1. The van der Waals surface area contributed by atoms with E-state index in [9.17, 15) is 15.0 Å². The van der Waals surface area contributed by atoms with Gasteiger partial charge in [0.1, 0.15) is 6.10 Å². The summed E-state index contributed by atoms with van der Waals surface area (Å²) >= 11 is 0. The second-order valence-electron chi connectivity index (χ2n) is 3.02. The molecule has 14 heavy (non-hydrogen) atoms. The molecular weight excluding hydrogens is 184 g/mol. The highest BCUT2D eigenvalue weighted by Crippen LogP contribution is 2.11. The predicted octanol–water partition coefficient (Wildman–Crippen LogP) is -1.01. The first kappa shape index (κ1) is 10.9. The van der Waals surface area contributed by atoms with Crippen molar-refractivity contribution < 1.29 is 10.2 Å². The molecule has 0 fully saturated rings. The van der Waals surface area contributed by atoms with E-state index in [2.05, 4.69) is 10.3 Å². The minimum Gasteiger partial charge on any atom is -0.389 e. The van der Waals surface area contributed by atoms with E-state index < -0.39 is 12.2 Å². The Morgan fingerprint density at radius 2 is 2.29 bits per heavy atom. The van der Waals surface area contributed by atoms with Crippen LogP contribution in [0, 0.1) is 0 Å². The lowest BCUT2D eigenvalue weighted by Crippen LogP contribution is -2.32. The lowest BCUT2D eigenvalue weighted by atomic mass is 10.1. The van der Waals surface area contributed by atoms with Crippen LogP contribution in [0.2, 0.25) is 0 Å². The zero-order valence-electron chi connectivity index (χ0n) is 7.90. The molecule has 0 aromatic carbocycles. The van der Waals surface area contributed by atoms with Gasteiger partial charge in [-0.25, -0.2) is 0 Å². The van der Waals surface area contributed by atoms with Crippen molar-refractivity contribution >= 4 is 0 Å². The molecule has 1 rings (SSSR count). The van der Waals surface area contributed by atoms with Crippen LogP contribution >= 0.6 is 0 Å². The average Bonchev–Trinajstić information content (AvgIpc) is 2.18. The minimum atomic E-state index is -1.16. The van der Waals surface area contributed by atoms with Crippen LogP contribution in [0.4, 0.5) is 0 Å². The molecule has 78 valence electrons. The maximum absolute atomic E-state index is 11.2. The molecule has 1 aromatic heterocycles. The fourth-order valence-corrected chi connectivity index (χ4v) is 1.20. The number of H-pyrrole nitrogens is 1. The van der Waals surface area contributed by atoms with Crippen LogP contribution in [-0.4, -0.2) is 34.9 Å². The van der Waals surface area contributed by atoms with Crippen LogP contribution in [0.1, 0.15) is 11.7 Å². The zero-order valence-corrected chi connectivity index (χ0v) is 7.90. The van der Waals surface area contributed by atoms with Gasteiger partial charge in [0, 0.05) is 18.3 Å². The largest absolute Gasteiger partial charge is 0.389 e. The van der Waals surface area contributed by atoms with Gasteiger partial charge in [-0.15, -0.1) is 0 Å². The summed E-state index contributed by atoms with van der Waals surface area (Å²) in [5.41, 5.74) is -0.203. The van der Waals surface area contributed by atoms with Crippen LogP contribution in [0.25, 0.3) is 0 Å². The molecule has 0 amide bonds. The van der Waals surface area contributed by atoms with E-state index in [1.165, 1.54) is 12.3 Å². The highest BCUT2D eigenvalue weighted by Gasteiger charge is 2.19. The number of aliphatic hydroxyl groups is 2. The van der Waals surface area contributed by atoms with Gasteiger partial charge in [0.2, 0.25) is 0 Å². The van der Waals surface area contributed by atoms with E-state index in [0.717, 1.165) is 0 Å². The van der Waals surface area contributed by atoms with Crippen LogP contribution < -0.4 is 10.9 Å². The maximum Gasteiger partial charge on any atom is 0.253 e. The first-order valence-corrected chi connectivity index (χ1v) is 4.35. The van der Waals surface area contributed by atoms with E-state index in [4.69, 9.17) is 0 Å². The Morgan fingerprint density at radius 3 is 2.86 bits per heavy atom. The van der Waals surface area contributed by atoms with Crippen LogP contribution in [0.3, 0.4) is 0 Å². The Bertz CT molecular complexity index is 337. The quantitative estimate of drug-likeness (QED) is 0.499. The van der Waals surface area contributed by atoms with Crippen LogP contribution in [0.5, 0.6) is 0 Å². The molecular formula is C9H14N2O3. The number of hydrogen-bond donors (Lipinski definition) is 4. The summed E-state index contributed by atoms with van der Waals surface area (Å²) in [4.78, 5) is 13.7. The minimum absolute atomic E-state index is 0.176. The number of aromatic nitrogens is 1. The Balaban J connectivity index is 2.84. The molecule has 1 heterocycles. The molecule has 0 bridgehead atoms. The second kappa shape index (κ2) is 4.90. The average molecular weight is 198 g/mol. The molecule has 5 heteroatoms. The van der Waals surface area contributed by atoms with Gasteiger partial charge in [-0.3, -0.25) is 4.79 Å². The fraction of sp³-hybridized carbons (Fsp3) is 0.444. The Kier molecular flexibility index (Phi) is 3.82. The number of rotatable bonds is 4. The number of nitrogens with one attached hydrogen (secondary N) is 2. The molecule has 4 N–H and O–H groups in total. The first-order valence-electron chi connectivity index (χ1n) is 4.35. The van der Waals surface area contributed by atoms with E-state index in [1.54, 1.807) is 13.1 Å². The normalized spacial score (nSPS) is 15.1. The van der Waals surface area contributed by atoms with Gasteiger partial charge in [0.15, 0.2) is 0 Å². The van der Waals surface area contributed by atoms with Crippen molar-refractivity contribution in [1.82, 2.24) is 10.3 Å². The number of aromatic amines is 1. The molecule has 0 radical (unpaired) electrons. The molecule has 5 nitrogen and oxygen atoms in total. The summed E-state index contributed by atoms with van der Waals surface area (Å²) in [6.07, 6.45) is -0.667. The highest BCUT2D eigenvalue weighted by atomic mass is 16.3. The zero-order chi connectivity index (χ0) is 10.6. The topological polar surface area (TPSA) is 85.3 Å². The third kappa shape index (κ3) is 2.41. The Hall–Kier alpha value is -1.17. The first-order chi connectivity index (χ1) is 6.66. The van der Waals surface area contributed by atoms with Gasteiger partial charge < -0.3 is 20.5 Å². The fourth-order valence-electron chi connectivity index (χ4n) is 1.20. The van der Waals surface area contributed by atoms with Gasteiger partial charge in [-0.2, -0.15) is 0 Å². The summed E-state index contributed by atoms with van der Waals surface area (Å²) in [7, 11) is 1.66. The molecule has 0 spiro atoms. The molecule has 1 aromatic rings. The van der Waals surface area contributed by atoms with Crippen molar-refractivity contribution in [2.75, 3.05) is 13.6 Å². The van der Waals surface area contributed by atoms with Crippen molar-refractivity contribution in [2.24, 2.45) is 0 Å². The predicted molar refractivity (Wildman–Crippen MR) is 52.0 cm³/mol. The van der Waals surface area contributed by atoms with Crippen molar-refractivity contribution in [1.29, 1.82) is 0 Å². The van der Waals surface area contributed by atoms with Crippen LogP contribution in [0.15, 0.2) is 23.1 Å². The third-order valence-electron chi connectivity index (χ3n) is 1.94. The summed E-state index contributed by atoms with van der Waals surface area (Å²) in [6, 6.07) is 3.09. The monoisotopic (exact) mass is 198 g/mol. The lowest BCUT2D eigenvalue weighted by molar-refractivity contribution is 0.0194. The van der Waals surface area contributed by atoms with Gasteiger partial charge in [-0.1, -0.05) is 0 Å². The smallest absolute Gasteiger partial charge is 0.253 e. The summed E-state index contributed by atoms with van der Waals surface area (Å²) in [5.74, 6) is 0. The molecule has 0 aliphatic rings. The standard InChI is InChI=1S/C9H14N2O3/c1-10-5-7(12)8(13)6-3-2-4-11-9(6)14/h2-4,7-8,10,12-13H,5H2,1H3,(H,11,14). The maximum atomic E-state index is 11.2. The summed E-state index contributed by atoms with van der Waals surface area (Å²) < 4.78 is 0. The van der Waals surface area contributed by atoms with Crippen molar-refractivity contribution in [3.8, 4) is 0 Å². The van der Waals surface area contributed by atoms with E-state index >= 15 is 0 Å². The Labute approximate surface area is 81.4 Å². The van der Waals surface area contributed by atoms with Gasteiger partial charge in [0.05, 0.1) is 6.10 Å². The van der Waals surface area contributed by atoms with Crippen molar-refractivity contribution in [2.45, 2.75) is 12.2 Å². The molecule has 0 saturated carbocycles. The van der Waals surface area contributed by atoms with Crippen molar-refractivity contribution in [3.63, 3.8) is 0 Å². The molecule has 0 saturated heterocycles. The number of hydrogen-bond acceptors (Lipinski definition) is 4. The number of pyridine rings is 1. The molecule has 2 atom stereocenters. The van der Waals surface area contributed by atoms with Gasteiger partial charge in [-0.05, 0) is 19.2 Å². The summed E-state index contributed by atoms with van der Waals surface area (Å²) in [5, 5.41) is 21.7.